The minimum absolute atomic E-state index is 0. The normalized spacial score (nSPS) is 6.35. The minimum atomic E-state index is -4.69. The minimum Gasteiger partial charge on any atom is -0.183 e. The molecule has 0 unspecified atom stereocenters. The SMILES string of the molecule is N.N.O=[N+]([O-])O.O=[N+]([O-])O.[KH].[KH].[O-][Cl+3]([O-])([O-])O. The molecule has 0 atom stereocenters. The molecule has 0 radical (unpaired) electrons. The van der Waals surface area contributed by atoms with E-state index in [0.717, 1.165) is 0 Å². The summed E-state index contributed by atoms with van der Waals surface area (Å²) < 4.78 is 32.7. The molecule has 0 heterocycles. The molecule has 17 heteroatoms. The second kappa shape index (κ2) is 26.3. The number of rotatable bonds is 0. The molecule has 0 rings (SSSR count). The van der Waals surface area contributed by atoms with Gasteiger partial charge in [0.25, 0.3) is 10.2 Å². The second-order valence-corrected chi connectivity index (χ2v) is 1.66. The molecule has 0 aliphatic rings. The Hall–Kier alpha value is 1.72. The molecule has 100 valence electrons. The van der Waals surface area contributed by atoms with E-state index in [1.54, 1.807) is 0 Å². The van der Waals surface area contributed by atoms with Crippen LogP contribution in [0.25, 0.3) is 0 Å². The van der Waals surface area contributed by atoms with Crippen molar-refractivity contribution < 1.29 is 49.5 Å². The summed E-state index contributed by atoms with van der Waals surface area (Å²) >= 11 is 0. The van der Waals surface area contributed by atoms with Crippen LogP contribution in [0.2, 0.25) is 0 Å². The Morgan fingerprint density at radius 1 is 0.824 bits per heavy atom. The Balaban J connectivity index is -0.0000000159. The second-order valence-electron chi connectivity index (χ2n) is 0.872. The summed E-state index contributed by atoms with van der Waals surface area (Å²) in [5.74, 6) is 0. The fourth-order valence-electron chi connectivity index (χ4n) is 0. The first-order valence-corrected chi connectivity index (χ1v) is 3.03. The maximum Gasteiger partial charge on any atom is 0.0777 e. The van der Waals surface area contributed by atoms with Gasteiger partial charge in [-0.3, -0.25) is 0 Å². The Labute approximate surface area is 181 Å². The molecule has 0 aromatic rings. The van der Waals surface area contributed by atoms with Crippen LogP contribution in [0.4, 0.5) is 0 Å². The third-order valence-corrected chi connectivity index (χ3v) is 0. The van der Waals surface area contributed by atoms with Crippen molar-refractivity contribution in [2.45, 2.75) is 0 Å². The number of nitrogens with zero attached hydrogens (tertiary/aromatic N) is 2. The summed E-state index contributed by atoms with van der Waals surface area (Å²) in [6, 6.07) is 0. The van der Waals surface area contributed by atoms with E-state index in [0.29, 0.717) is 0 Å². The van der Waals surface area contributed by atoms with Crippen molar-refractivity contribution in [2.24, 2.45) is 0 Å². The van der Waals surface area contributed by atoms with Crippen LogP contribution >= 0.6 is 0 Å². The van der Waals surface area contributed by atoms with E-state index in [-0.39, 0.29) is 115 Å². The third-order valence-electron chi connectivity index (χ3n) is 0. The predicted octanol–water partition coefficient (Wildman–Crippen LogP) is -5.79. The molecule has 0 aliphatic carbocycles. The molecule has 0 aliphatic heterocycles. The van der Waals surface area contributed by atoms with E-state index >= 15 is 0 Å². The van der Waals surface area contributed by atoms with Gasteiger partial charge in [-0.05, 0) is 0 Å². The van der Waals surface area contributed by atoms with Crippen molar-refractivity contribution in [3.63, 3.8) is 0 Å². The number of hydrogen-bond acceptors (Lipinski definition) is 10. The third kappa shape index (κ3) is 1480. The van der Waals surface area contributed by atoms with Gasteiger partial charge in [0, 0.05) is 0 Å². The van der Waals surface area contributed by atoms with Gasteiger partial charge in [-0.2, -0.15) is 14.0 Å². The van der Waals surface area contributed by atoms with Gasteiger partial charge in [0.15, 0.2) is 0 Å². The van der Waals surface area contributed by atoms with E-state index in [4.69, 9.17) is 49.3 Å². The van der Waals surface area contributed by atoms with Gasteiger partial charge in [0.05, 0.1) is 14.9 Å². The van der Waals surface area contributed by atoms with Crippen LogP contribution in [-0.4, -0.2) is 128 Å². The maximum atomic E-state index is 8.60. The van der Waals surface area contributed by atoms with E-state index in [9.17, 15) is 0 Å². The largest absolute Gasteiger partial charge is 0.183 e. The molecule has 0 aromatic carbocycles. The van der Waals surface area contributed by atoms with Gasteiger partial charge >= 0.3 is 103 Å². The molecular formula is H11ClK2N4O10. The van der Waals surface area contributed by atoms with Crippen molar-refractivity contribution in [1.82, 2.24) is 12.3 Å². The van der Waals surface area contributed by atoms with Crippen molar-refractivity contribution in [3.05, 3.63) is 20.2 Å². The van der Waals surface area contributed by atoms with Crippen LogP contribution in [0.15, 0.2) is 0 Å². The molecule has 0 bridgehead atoms. The Kier molecular flexibility index (Phi) is 66.3. The first-order valence-electron chi connectivity index (χ1n) is 1.76. The standard InChI is InChI=1S/ClHO4.2K.2HNO3.2H3N.2H/c2-1(3,4)5;;;2*2-1(3)4;;;;/h(H,2,3,4,5);;;2*(H,2,3,4);2*1H3;;. The fraction of sp³-hybridized carbons (Fsp3) is 0. The molecule has 0 saturated carbocycles. The molecule has 0 spiro atoms. The van der Waals surface area contributed by atoms with Crippen molar-refractivity contribution >= 4 is 103 Å². The van der Waals surface area contributed by atoms with Crippen LogP contribution in [0.3, 0.4) is 0 Å². The van der Waals surface area contributed by atoms with Gasteiger partial charge in [-0.15, -0.1) is 20.2 Å². The van der Waals surface area contributed by atoms with Gasteiger partial charge < -0.3 is 22.7 Å². The summed E-state index contributed by atoms with van der Waals surface area (Å²) in [5, 5.41) is 27.3. The monoisotopic (exact) mass is 340 g/mol. The molecule has 0 aromatic heterocycles. The summed E-state index contributed by atoms with van der Waals surface area (Å²) in [6.45, 7) is 0. The van der Waals surface area contributed by atoms with E-state index < -0.39 is 20.4 Å². The van der Waals surface area contributed by atoms with Gasteiger partial charge in [-0.1, -0.05) is 0 Å². The summed E-state index contributed by atoms with van der Waals surface area (Å²) in [5.41, 5.74) is 0. The summed E-state index contributed by atoms with van der Waals surface area (Å²) in [6.07, 6.45) is 0. The molecule has 17 heavy (non-hydrogen) atoms. The first kappa shape index (κ1) is 42.8. The van der Waals surface area contributed by atoms with Gasteiger partial charge in [0.2, 0.25) is 0 Å². The number of hydrogen-bond donors (Lipinski definition) is 5. The van der Waals surface area contributed by atoms with E-state index in [1.807, 2.05) is 0 Å². The topological polar surface area (TPSA) is 286 Å². The van der Waals surface area contributed by atoms with Gasteiger partial charge in [-0.25, -0.2) is 0 Å². The average molecular weight is 341 g/mol. The molecule has 0 saturated heterocycles. The Bertz CT molecular complexity index is 133. The molecule has 14 nitrogen and oxygen atoms in total. The van der Waals surface area contributed by atoms with Crippen LogP contribution < -0.4 is 26.3 Å². The van der Waals surface area contributed by atoms with Crippen LogP contribution in [0, 0.1) is 30.5 Å². The molecule has 9 N–H and O–H groups in total. The summed E-state index contributed by atoms with van der Waals surface area (Å²) in [4.78, 5) is 16.7. The quantitative estimate of drug-likeness (QED) is 0.156. The van der Waals surface area contributed by atoms with Crippen molar-refractivity contribution in [2.75, 3.05) is 0 Å². The zero-order chi connectivity index (χ0) is 11.7. The van der Waals surface area contributed by atoms with Crippen molar-refractivity contribution in [3.8, 4) is 0 Å². The average Bonchev–Trinajstić information content (AvgIpc) is 1.50. The maximum absolute atomic E-state index is 8.60. The van der Waals surface area contributed by atoms with Gasteiger partial charge in [0.1, 0.15) is 0 Å². The Morgan fingerprint density at radius 2 is 0.824 bits per heavy atom. The van der Waals surface area contributed by atoms with E-state index in [1.165, 1.54) is 0 Å². The molecular weight excluding hydrogens is 330 g/mol. The Morgan fingerprint density at radius 3 is 0.824 bits per heavy atom. The molecule has 0 amide bonds. The summed E-state index contributed by atoms with van der Waals surface area (Å²) in [7, 11) is -4.69. The van der Waals surface area contributed by atoms with Crippen LogP contribution in [0.1, 0.15) is 0 Å². The predicted molar refractivity (Wildman–Crippen MR) is 44.1 cm³/mol. The molecule has 0 fully saturated rings. The zero-order valence-electron chi connectivity index (χ0n) is 6.89. The fourth-order valence-corrected chi connectivity index (χ4v) is 0. The smallest absolute Gasteiger partial charge is 0.0777 e. The van der Waals surface area contributed by atoms with E-state index in [2.05, 4.69) is 0 Å². The van der Waals surface area contributed by atoms with Crippen LogP contribution in [0.5, 0.6) is 0 Å². The number of halogens is 1. The zero-order valence-corrected chi connectivity index (χ0v) is 7.64. The first-order chi connectivity index (χ1) is 5.46. The van der Waals surface area contributed by atoms with Crippen molar-refractivity contribution in [1.29, 1.82) is 0 Å². The van der Waals surface area contributed by atoms with Crippen LogP contribution in [-0.2, 0) is 0 Å².